The maximum Gasteiger partial charge on any atom is 0.134 e. The lowest BCUT2D eigenvalue weighted by Crippen LogP contribution is -2.31. The lowest BCUT2D eigenvalue weighted by molar-refractivity contribution is 0.284. The second-order valence-electron chi connectivity index (χ2n) is 5.17. The fourth-order valence-corrected chi connectivity index (χ4v) is 2.53. The Balaban J connectivity index is 2.55. The van der Waals surface area contributed by atoms with E-state index in [0.29, 0.717) is 6.61 Å². The molecule has 4 nitrogen and oxygen atoms in total. The SMILES string of the molecule is COc1cc(Br)c(OCCCC(C)(C)C(=N)N)cc1Br. The smallest absolute Gasteiger partial charge is 0.134 e. The first-order valence-electron chi connectivity index (χ1n) is 6.28. The normalized spacial score (nSPS) is 11.2. The summed E-state index contributed by atoms with van der Waals surface area (Å²) in [5.41, 5.74) is 5.28. The Kier molecular flexibility index (Phi) is 6.33. The Morgan fingerprint density at radius 1 is 1.25 bits per heavy atom. The van der Waals surface area contributed by atoms with Crippen LogP contribution in [0.5, 0.6) is 11.5 Å². The molecule has 20 heavy (non-hydrogen) atoms. The molecule has 0 spiro atoms. The Hall–Kier alpha value is -0.750. The van der Waals surface area contributed by atoms with E-state index in [2.05, 4.69) is 31.9 Å². The lowest BCUT2D eigenvalue weighted by atomic mass is 9.87. The Labute approximate surface area is 136 Å². The van der Waals surface area contributed by atoms with Crippen LogP contribution in [0, 0.1) is 10.8 Å². The zero-order chi connectivity index (χ0) is 15.3. The molecule has 0 aliphatic rings. The van der Waals surface area contributed by atoms with Crippen molar-refractivity contribution in [1.29, 1.82) is 5.41 Å². The van der Waals surface area contributed by atoms with Crippen LogP contribution in [-0.4, -0.2) is 19.6 Å². The van der Waals surface area contributed by atoms with Crippen LogP contribution in [0.3, 0.4) is 0 Å². The van der Waals surface area contributed by atoms with Gasteiger partial charge in [-0.1, -0.05) is 13.8 Å². The van der Waals surface area contributed by atoms with Crippen LogP contribution in [0.1, 0.15) is 26.7 Å². The molecule has 0 amide bonds. The first-order chi connectivity index (χ1) is 9.27. The highest BCUT2D eigenvalue weighted by molar-refractivity contribution is 9.11. The second kappa shape index (κ2) is 7.31. The van der Waals surface area contributed by atoms with Gasteiger partial charge in [-0.2, -0.15) is 0 Å². The van der Waals surface area contributed by atoms with Gasteiger partial charge in [-0.05, 0) is 56.8 Å². The monoisotopic (exact) mass is 406 g/mol. The van der Waals surface area contributed by atoms with Crippen molar-refractivity contribution >= 4 is 37.7 Å². The van der Waals surface area contributed by atoms with Gasteiger partial charge in [-0.15, -0.1) is 0 Å². The molecule has 0 saturated carbocycles. The number of hydrogen-bond donors (Lipinski definition) is 2. The number of halogens is 2. The minimum atomic E-state index is -0.277. The molecule has 0 radical (unpaired) electrons. The highest BCUT2D eigenvalue weighted by Gasteiger charge is 2.20. The zero-order valence-corrected chi connectivity index (χ0v) is 15.1. The zero-order valence-electron chi connectivity index (χ0n) is 11.9. The van der Waals surface area contributed by atoms with Crippen molar-refractivity contribution in [2.45, 2.75) is 26.7 Å². The number of nitrogens with two attached hydrogens (primary N) is 1. The van der Waals surface area contributed by atoms with Crippen LogP contribution in [0.25, 0.3) is 0 Å². The predicted molar refractivity (Wildman–Crippen MR) is 88.8 cm³/mol. The van der Waals surface area contributed by atoms with Crippen molar-refractivity contribution in [1.82, 2.24) is 0 Å². The molecular formula is C14H20Br2N2O2. The minimum Gasteiger partial charge on any atom is -0.496 e. The molecule has 1 aromatic rings. The minimum absolute atomic E-state index is 0.214. The van der Waals surface area contributed by atoms with Gasteiger partial charge >= 0.3 is 0 Å². The molecule has 3 N–H and O–H groups in total. The molecule has 0 aliphatic heterocycles. The van der Waals surface area contributed by atoms with Gasteiger partial charge in [0.25, 0.3) is 0 Å². The summed E-state index contributed by atoms with van der Waals surface area (Å²) in [6.07, 6.45) is 1.65. The lowest BCUT2D eigenvalue weighted by Gasteiger charge is -2.22. The fourth-order valence-electron chi connectivity index (χ4n) is 1.61. The van der Waals surface area contributed by atoms with E-state index in [1.807, 2.05) is 26.0 Å². The Bertz CT molecular complexity index is 490. The van der Waals surface area contributed by atoms with Crippen LogP contribution in [0.2, 0.25) is 0 Å². The van der Waals surface area contributed by atoms with Gasteiger partial charge in [0.15, 0.2) is 0 Å². The quantitative estimate of drug-likeness (QED) is 0.401. The van der Waals surface area contributed by atoms with E-state index in [1.54, 1.807) is 7.11 Å². The number of hydrogen-bond acceptors (Lipinski definition) is 3. The van der Waals surface area contributed by atoms with E-state index in [1.165, 1.54) is 0 Å². The molecule has 1 rings (SSSR count). The van der Waals surface area contributed by atoms with E-state index in [4.69, 9.17) is 20.6 Å². The molecule has 0 aromatic heterocycles. The maximum atomic E-state index is 7.51. The molecule has 0 heterocycles. The third-order valence-electron chi connectivity index (χ3n) is 3.14. The summed E-state index contributed by atoms with van der Waals surface area (Å²) in [4.78, 5) is 0. The van der Waals surface area contributed by atoms with Gasteiger partial charge < -0.3 is 15.2 Å². The van der Waals surface area contributed by atoms with E-state index in [0.717, 1.165) is 33.3 Å². The summed E-state index contributed by atoms with van der Waals surface area (Å²) < 4.78 is 12.7. The number of nitrogens with one attached hydrogen (secondary N) is 1. The molecule has 1 aromatic carbocycles. The van der Waals surface area contributed by atoms with Gasteiger partial charge in [-0.3, -0.25) is 5.41 Å². The van der Waals surface area contributed by atoms with E-state index in [9.17, 15) is 0 Å². The highest BCUT2D eigenvalue weighted by atomic mass is 79.9. The van der Waals surface area contributed by atoms with Crippen LogP contribution >= 0.6 is 31.9 Å². The largest absolute Gasteiger partial charge is 0.496 e. The van der Waals surface area contributed by atoms with Crippen molar-refractivity contribution in [2.24, 2.45) is 11.1 Å². The van der Waals surface area contributed by atoms with Crippen LogP contribution in [0.15, 0.2) is 21.1 Å². The fraction of sp³-hybridized carbons (Fsp3) is 0.500. The van der Waals surface area contributed by atoms with Crippen LogP contribution < -0.4 is 15.2 Å². The van der Waals surface area contributed by atoms with Crippen molar-refractivity contribution in [3.8, 4) is 11.5 Å². The van der Waals surface area contributed by atoms with E-state index >= 15 is 0 Å². The number of methoxy groups -OCH3 is 1. The van der Waals surface area contributed by atoms with Gasteiger partial charge in [0, 0.05) is 5.41 Å². The first kappa shape index (κ1) is 17.3. The summed E-state index contributed by atoms with van der Waals surface area (Å²) in [5, 5.41) is 7.51. The summed E-state index contributed by atoms with van der Waals surface area (Å²) in [6, 6.07) is 3.73. The number of rotatable bonds is 7. The molecule has 0 aliphatic carbocycles. The van der Waals surface area contributed by atoms with Gasteiger partial charge in [-0.25, -0.2) is 0 Å². The maximum absolute atomic E-state index is 7.51. The first-order valence-corrected chi connectivity index (χ1v) is 7.87. The molecule has 0 saturated heterocycles. The molecule has 0 atom stereocenters. The van der Waals surface area contributed by atoms with Crippen molar-refractivity contribution in [3.63, 3.8) is 0 Å². The van der Waals surface area contributed by atoms with Crippen LogP contribution in [0.4, 0.5) is 0 Å². The number of amidine groups is 1. The molecule has 0 unspecified atom stereocenters. The number of ether oxygens (including phenoxy) is 2. The van der Waals surface area contributed by atoms with Crippen molar-refractivity contribution in [2.75, 3.05) is 13.7 Å². The third-order valence-corrected chi connectivity index (χ3v) is 4.38. The third kappa shape index (κ3) is 4.66. The molecule has 6 heteroatoms. The van der Waals surface area contributed by atoms with E-state index < -0.39 is 0 Å². The average molecular weight is 408 g/mol. The molecule has 0 bridgehead atoms. The summed E-state index contributed by atoms with van der Waals surface area (Å²) in [5.74, 6) is 1.73. The summed E-state index contributed by atoms with van der Waals surface area (Å²) in [6.45, 7) is 4.51. The number of benzene rings is 1. The average Bonchev–Trinajstić information content (AvgIpc) is 2.37. The standard InChI is InChI=1S/C14H20Br2N2O2/c1-14(2,13(17)18)5-4-6-20-12-8-9(15)11(19-3)7-10(12)16/h7-8H,4-6H2,1-3H3,(H3,17,18). The predicted octanol–water partition coefficient (Wildman–Crippen LogP) is 4.34. The second-order valence-corrected chi connectivity index (χ2v) is 6.88. The summed E-state index contributed by atoms with van der Waals surface area (Å²) >= 11 is 6.89. The molecule has 112 valence electrons. The van der Waals surface area contributed by atoms with E-state index in [-0.39, 0.29) is 11.3 Å². The summed E-state index contributed by atoms with van der Waals surface area (Å²) in [7, 11) is 1.62. The topological polar surface area (TPSA) is 68.3 Å². The van der Waals surface area contributed by atoms with Crippen LogP contribution in [-0.2, 0) is 0 Å². The van der Waals surface area contributed by atoms with Gasteiger partial charge in [0.1, 0.15) is 11.5 Å². The molecule has 0 fully saturated rings. The van der Waals surface area contributed by atoms with Crippen molar-refractivity contribution in [3.05, 3.63) is 21.1 Å². The van der Waals surface area contributed by atoms with Gasteiger partial charge in [0.2, 0.25) is 0 Å². The highest BCUT2D eigenvalue weighted by Crippen LogP contribution is 2.36. The van der Waals surface area contributed by atoms with Crippen molar-refractivity contribution < 1.29 is 9.47 Å². The Morgan fingerprint density at radius 2 is 1.80 bits per heavy atom. The Morgan fingerprint density at radius 3 is 2.35 bits per heavy atom. The van der Waals surface area contributed by atoms with Gasteiger partial charge in [0.05, 0.1) is 28.5 Å². The molecular weight excluding hydrogens is 388 g/mol.